The van der Waals surface area contributed by atoms with Crippen molar-refractivity contribution in [2.45, 2.75) is 0 Å². The molecule has 0 aliphatic rings. The number of nitrogens with zero attached hydrogens (tertiary/aromatic N) is 2. The maximum atomic E-state index is 12.4. The summed E-state index contributed by atoms with van der Waals surface area (Å²) >= 11 is 4.88. The lowest BCUT2D eigenvalue weighted by molar-refractivity contribution is -0.384. The molecule has 126 valence electrons. The minimum absolute atomic E-state index is 0.0902. The van der Waals surface area contributed by atoms with Crippen LogP contribution in [0.5, 0.6) is 0 Å². The van der Waals surface area contributed by atoms with Crippen LogP contribution in [0.25, 0.3) is 16.0 Å². The molecule has 0 aromatic heterocycles. The third-order valence-corrected chi connectivity index (χ3v) is 3.57. The Morgan fingerprint density at radius 1 is 1.24 bits per heavy atom. The number of carbonyl (C=O) groups excluding carboxylic acids is 1. The molecular weight excluding hydrogens is 342 g/mol. The smallest absolute Gasteiger partial charge is 0.270 e. The number of hydrogen-bond donors (Lipinski definition) is 3. The highest BCUT2D eigenvalue weighted by molar-refractivity contribution is 7.80. The van der Waals surface area contributed by atoms with Crippen LogP contribution in [-0.4, -0.2) is 23.0 Å². The van der Waals surface area contributed by atoms with Crippen molar-refractivity contribution in [3.05, 3.63) is 69.6 Å². The lowest BCUT2D eigenvalue weighted by Crippen LogP contribution is -2.45. The third-order valence-electron chi connectivity index (χ3n) is 3.26. The first-order valence-corrected chi connectivity index (χ1v) is 7.41. The van der Waals surface area contributed by atoms with Crippen molar-refractivity contribution < 1.29 is 9.72 Å². The second kappa shape index (κ2) is 7.85. The maximum Gasteiger partial charge on any atom is 0.270 e. The lowest BCUT2D eigenvalue weighted by Gasteiger charge is -2.13. The molecule has 8 nitrogen and oxygen atoms in total. The van der Waals surface area contributed by atoms with Crippen LogP contribution < -0.4 is 16.2 Å². The Morgan fingerprint density at radius 2 is 2.00 bits per heavy atom. The molecule has 3 N–H and O–H groups in total. The van der Waals surface area contributed by atoms with E-state index in [4.69, 9.17) is 18.8 Å². The number of carbonyl (C=O) groups is 1. The average Bonchev–Trinajstić information content (AvgIpc) is 2.65. The van der Waals surface area contributed by atoms with Crippen LogP contribution in [0.1, 0.15) is 10.4 Å². The largest absolute Gasteiger partial charge is 0.364 e. The zero-order valence-corrected chi connectivity index (χ0v) is 13.9. The van der Waals surface area contributed by atoms with Gasteiger partial charge in [-0.3, -0.25) is 25.8 Å². The summed E-state index contributed by atoms with van der Waals surface area (Å²) in [5, 5.41) is 13.8. The molecule has 0 bridgehead atoms. The van der Waals surface area contributed by atoms with Crippen molar-refractivity contribution in [3.63, 3.8) is 0 Å². The fourth-order valence-corrected chi connectivity index (χ4v) is 2.12. The normalized spacial score (nSPS) is 9.60. The number of nitrogens with one attached hydrogen (secondary N) is 3. The van der Waals surface area contributed by atoms with Crippen molar-refractivity contribution >= 4 is 34.6 Å². The average molecular weight is 355 g/mol. The van der Waals surface area contributed by atoms with Gasteiger partial charge in [-0.05, 0) is 29.4 Å². The van der Waals surface area contributed by atoms with Crippen molar-refractivity contribution in [3.8, 4) is 11.1 Å². The number of hydrogen-bond acceptors (Lipinski definition) is 4. The summed E-state index contributed by atoms with van der Waals surface area (Å²) < 4.78 is 0. The van der Waals surface area contributed by atoms with E-state index in [2.05, 4.69) is 21.0 Å². The molecule has 0 atom stereocenters. The molecule has 0 aliphatic heterocycles. The summed E-state index contributed by atoms with van der Waals surface area (Å²) in [4.78, 5) is 26.2. The van der Waals surface area contributed by atoms with Gasteiger partial charge >= 0.3 is 0 Å². The van der Waals surface area contributed by atoms with E-state index < -0.39 is 10.8 Å². The Bertz CT molecular complexity index is 892. The topological polar surface area (TPSA) is 101 Å². The highest BCUT2D eigenvalue weighted by Crippen LogP contribution is 2.29. The molecule has 2 rings (SSSR count). The summed E-state index contributed by atoms with van der Waals surface area (Å²) in [6.07, 6.45) is 0. The van der Waals surface area contributed by atoms with Gasteiger partial charge in [0.05, 0.1) is 11.5 Å². The van der Waals surface area contributed by atoms with Gasteiger partial charge in [-0.2, -0.15) is 0 Å². The van der Waals surface area contributed by atoms with E-state index in [9.17, 15) is 14.9 Å². The molecule has 0 unspecified atom stereocenters. The first kappa shape index (κ1) is 17.8. The van der Waals surface area contributed by atoms with E-state index in [0.717, 1.165) is 0 Å². The van der Waals surface area contributed by atoms with Crippen LogP contribution >= 0.6 is 12.2 Å². The number of non-ortho nitro benzene ring substituents is 1. The van der Waals surface area contributed by atoms with Crippen molar-refractivity contribution in [1.29, 1.82) is 0 Å². The molecule has 0 saturated carbocycles. The Labute approximate surface area is 148 Å². The Kier molecular flexibility index (Phi) is 5.60. The predicted octanol–water partition coefficient (Wildman–Crippen LogP) is 2.55. The van der Waals surface area contributed by atoms with Crippen LogP contribution in [0.4, 0.5) is 11.4 Å². The fourth-order valence-electron chi connectivity index (χ4n) is 2.07. The highest BCUT2D eigenvalue weighted by atomic mass is 32.1. The van der Waals surface area contributed by atoms with E-state index in [1.807, 2.05) is 0 Å². The summed E-state index contributed by atoms with van der Waals surface area (Å²) in [5.74, 6) is -0.524. The Hall–Kier alpha value is -3.51. The molecule has 2 aromatic carbocycles. The van der Waals surface area contributed by atoms with Crippen molar-refractivity contribution in [2.75, 3.05) is 7.05 Å². The number of thiocarbonyl (C=S) groups is 1. The number of amides is 1. The van der Waals surface area contributed by atoms with Gasteiger partial charge in [0, 0.05) is 24.7 Å². The maximum absolute atomic E-state index is 12.4. The van der Waals surface area contributed by atoms with Crippen LogP contribution in [0.3, 0.4) is 0 Å². The molecule has 0 fully saturated rings. The number of nitro benzene ring substituents is 1. The van der Waals surface area contributed by atoms with Gasteiger partial charge in [0.25, 0.3) is 11.6 Å². The van der Waals surface area contributed by atoms with Gasteiger partial charge in [0.2, 0.25) is 0 Å². The molecule has 0 spiro atoms. The van der Waals surface area contributed by atoms with Gasteiger partial charge < -0.3 is 5.32 Å². The monoisotopic (exact) mass is 355 g/mol. The second-order valence-electron chi connectivity index (χ2n) is 4.81. The third kappa shape index (κ3) is 4.27. The summed E-state index contributed by atoms with van der Waals surface area (Å²) in [6, 6.07) is 10.5. The van der Waals surface area contributed by atoms with Crippen LogP contribution in [0.2, 0.25) is 0 Å². The van der Waals surface area contributed by atoms with Gasteiger partial charge in [0.15, 0.2) is 10.8 Å². The molecular formula is C16H13N5O3S. The molecule has 0 saturated heterocycles. The fraction of sp³-hybridized carbons (Fsp3) is 0.0625. The standard InChI is InChI=1S/C16H13N5O3S/c1-17-11-6-7-13(10-4-3-5-12(8-10)21(23)24)14(9-11)15(22)19-20-16(25)18-2/h3-9H,2H3,(H,19,22)(H2,18,20,25). The minimum atomic E-state index is -0.524. The van der Waals surface area contributed by atoms with E-state index >= 15 is 0 Å². The van der Waals surface area contributed by atoms with Crippen molar-refractivity contribution in [1.82, 2.24) is 16.2 Å². The Balaban J connectivity index is 2.46. The van der Waals surface area contributed by atoms with Crippen LogP contribution in [0.15, 0.2) is 42.5 Å². The van der Waals surface area contributed by atoms with Gasteiger partial charge in [0.1, 0.15) is 0 Å². The summed E-state index contributed by atoms with van der Waals surface area (Å²) in [5.41, 5.74) is 6.27. The lowest BCUT2D eigenvalue weighted by atomic mass is 9.98. The molecule has 9 heteroatoms. The Morgan fingerprint density at radius 3 is 2.64 bits per heavy atom. The van der Waals surface area contributed by atoms with Crippen molar-refractivity contribution in [2.24, 2.45) is 0 Å². The van der Waals surface area contributed by atoms with E-state index in [0.29, 0.717) is 11.1 Å². The zero-order valence-electron chi connectivity index (χ0n) is 13.1. The van der Waals surface area contributed by atoms with Crippen LogP contribution in [-0.2, 0) is 0 Å². The minimum Gasteiger partial charge on any atom is -0.364 e. The number of benzene rings is 2. The number of hydrazine groups is 1. The SMILES string of the molecule is [C-]#[N+]c1ccc(-c2cccc([N+](=O)[O-])c2)c(C(=O)NNC(=S)NC)c1. The van der Waals surface area contributed by atoms with Gasteiger partial charge in [-0.15, -0.1) is 0 Å². The molecule has 25 heavy (non-hydrogen) atoms. The van der Waals surface area contributed by atoms with Crippen LogP contribution in [0, 0.1) is 16.7 Å². The summed E-state index contributed by atoms with van der Waals surface area (Å²) in [6.45, 7) is 7.10. The van der Waals surface area contributed by atoms with Gasteiger partial charge in [-0.1, -0.05) is 24.3 Å². The number of nitro groups is 1. The van der Waals surface area contributed by atoms with Gasteiger partial charge in [-0.25, -0.2) is 4.85 Å². The molecule has 1 amide bonds. The molecule has 0 heterocycles. The zero-order chi connectivity index (χ0) is 18.4. The van der Waals surface area contributed by atoms with E-state index in [1.165, 1.54) is 24.3 Å². The molecule has 2 aromatic rings. The number of rotatable bonds is 3. The van der Waals surface area contributed by atoms with E-state index in [1.54, 1.807) is 25.2 Å². The predicted molar refractivity (Wildman–Crippen MR) is 97.1 cm³/mol. The first-order chi connectivity index (χ1) is 12.0. The first-order valence-electron chi connectivity index (χ1n) is 7.00. The second-order valence-corrected chi connectivity index (χ2v) is 5.22. The summed E-state index contributed by atoms with van der Waals surface area (Å²) in [7, 11) is 1.59. The highest BCUT2D eigenvalue weighted by Gasteiger charge is 2.16. The quantitative estimate of drug-likeness (QED) is 0.339. The molecule has 0 aliphatic carbocycles. The molecule has 0 radical (unpaired) electrons. The van der Waals surface area contributed by atoms with E-state index in [-0.39, 0.29) is 22.1 Å².